The van der Waals surface area contributed by atoms with Crippen molar-refractivity contribution < 1.29 is 27.2 Å². The molecule has 0 aromatic carbocycles. The van der Waals surface area contributed by atoms with Crippen LogP contribution < -0.4 is 10.0 Å². The van der Waals surface area contributed by atoms with Gasteiger partial charge in [-0.05, 0) is 18.2 Å². The summed E-state index contributed by atoms with van der Waals surface area (Å²) in [6.07, 6.45) is 2.76. The van der Waals surface area contributed by atoms with Crippen molar-refractivity contribution in [2.45, 2.75) is 17.9 Å². The minimum atomic E-state index is -3.83. The van der Waals surface area contributed by atoms with Gasteiger partial charge in [0, 0.05) is 26.2 Å². The third-order valence-corrected chi connectivity index (χ3v) is 4.80. The SMILES string of the molecule is COC(=O)c1cc(S(=O)(=O)NCCC(=O)NCc2ccco2)cn1C. The number of nitrogens with one attached hydrogen (secondary N) is 2. The van der Waals surface area contributed by atoms with Gasteiger partial charge < -0.3 is 19.0 Å². The highest BCUT2D eigenvalue weighted by molar-refractivity contribution is 7.89. The van der Waals surface area contributed by atoms with Gasteiger partial charge in [-0.2, -0.15) is 0 Å². The molecule has 2 N–H and O–H groups in total. The monoisotopic (exact) mass is 369 g/mol. The minimum Gasteiger partial charge on any atom is -0.467 e. The van der Waals surface area contributed by atoms with Crippen LogP contribution in [0, 0.1) is 0 Å². The molecule has 0 aliphatic heterocycles. The van der Waals surface area contributed by atoms with Gasteiger partial charge in [-0.25, -0.2) is 17.9 Å². The van der Waals surface area contributed by atoms with E-state index in [1.165, 1.54) is 37.3 Å². The van der Waals surface area contributed by atoms with Crippen LogP contribution >= 0.6 is 0 Å². The third kappa shape index (κ3) is 4.94. The normalized spacial score (nSPS) is 11.3. The predicted molar refractivity (Wildman–Crippen MR) is 87.1 cm³/mol. The number of carbonyl (C=O) groups excluding carboxylic acids is 2. The van der Waals surface area contributed by atoms with Gasteiger partial charge in [-0.1, -0.05) is 0 Å². The summed E-state index contributed by atoms with van der Waals surface area (Å²) in [7, 11) is -1.09. The van der Waals surface area contributed by atoms with Gasteiger partial charge in [0.1, 0.15) is 16.3 Å². The number of methoxy groups -OCH3 is 1. The van der Waals surface area contributed by atoms with Gasteiger partial charge in [0.25, 0.3) is 0 Å². The zero-order valence-corrected chi connectivity index (χ0v) is 14.6. The van der Waals surface area contributed by atoms with E-state index < -0.39 is 16.0 Å². The molecule has 0 unspecified atom stereocenters. The second-order valence-electron chi connectivity index (χ2n) is 5.17. The number of hydrogen-bond acceptors (Lipinski definition) is 6. The highest BCUT2D eigenvalue weighted by Crippen LogP contribution is 2.14. The summed E-state index contributed by atoms with van der Waals surface area (Å²) < 4.78 is 37.8. The Morgan fingerprint density at radius 2 is 2.12 bits per heavy atom. The molecule has 2 aromatic rings. The number of aryl methyl sites for hydroxylation is 1. The quantitative estimate of drug-likeness (QED) is 0.650. The van der Waals surface area contributed by atoms with Crippen molar-refractivity contribution in [1.82, 2.24) is 14.6 Å². The van der Waals surface area contributed by atoms with E-state index in [1.54, 1.807) is 12.1 Å². The van der Waals surface area contributed by atoms with Crippen LogP contribution in [0.3, 0.4) is 0 Å². The van der Waals surface area contributed by atoms with Crippen molar-refractivity contribution in [3.05, 3.63) is 42.1 Å². The molecule has 2 aromatic heterocycles. The van der Waals surface area contributed by atoms with Gasteiger partial charge in [-0.15, -0.1) is 0 Å². The summed E-state index contributed by atoms with van der Waals surface area (Å²) in [5.41, 5.74) is 0.110. The van der Waals surface area contributed by atoms with Crippen molar-refractivity contribution in [1.29, 1.82) is 0 Å². The van der Waals surface area contributed by atoms with E-state index in [1.807, 2.05) is 0 Å². The van der Waals surface area contributed by atoms with Crippen molar-refractivity contribution in [3.63, 3.8) is 0 Å². The fourth-order valence-corrected chi connectivity index (χ4v) is 3.16. The number of carbonyl (C=O) groups is 2. The fourth-order valence-electron chi connectivity index (χ4n) is 2.06. The molecule has 9 nitrogen and oxygen atoms in total. The number of ether oxygens (including phenoxy) is 1. The number of aromatic nitrogens is 1. The molecule has 0 bridgehead atoms. The standard InChI is InChI=1S/C15H19N3O6S/c1-18-10-12(8-13(18)15(20)23-2)25(21,22)17-6-5-14(19)16-9-11-4-3-7-24-11/h3-4,7-8,10,17H,5-6,9H2,1-2H3,(H,16,19). The van der Waals surface area contributed by atoms with Gasteiger partial charge in [-0.3, -0.25) is 4.79 Å². The average Bonchev–Trinajstić information content (AvgIpc) is 3.21. The second kappa shape index (κ2) is 7.99. The number of amides is 1. The van der Waals surface area contributed by atoms with Gasteiger partial charge in [0.15, 0.2) is 0 Å². The Kier molecular flexibility index (Phi) is 5.99. The Morgan fingerprint density at radius 3 is 2.76 bits per heavy atom. The second-order valence-corrected chi connectivity index (χ2v) is 6.93. The van der Waals surface area contributed by atoms with Crippen LogP contribution in [0.5, 0.6) is 0 Å². The maximum atomic E-state index is 12.2. The molecule has 0 saturated carbocycles. The molecule has 0 aliphatic carbocycles. The summed E-state index contributed by atoms with van der Waals surface area (Å²) in [5.74, 6) is -0.350. The van der Waals surface area contributed by atoms with Crippen LogP contribution in [0.25, 0.3) is 0 Å². The van der Waals surface area contributed by atoms with Crippen LogP contribution in [-0.2, 0) is 33.1 Å². The van der Waals surface area contributed by atoms with Gasteiger partial charge in [0.2, 0.25) is 15.9 Å². The van der Waals surface area contributed by atoms with E-state index in [0.29, 0.717) is 5.76 Å². The van der Waals surface area contributed by atoms with Crippen molar-refractivity contribution in [3.8, 4) is 0 Å². The largest absolute Gasteiger partial charge is 0.467 e. The Labute approximate surface area is 145 Å². The maximum absolute atomic E-state index is 12.2. The minimum absolute atomic E-state index is 0.0311. The molecule has 0 saturated heterocycles. The smallest absolute Gasteiger partial charge is 0.354 e. The average molecular weight is 369 g/mol. The summed E-state index contributed by atoms with van der Waals surface area (Å²) in [5, 5.41) is 2.61. The molecule has 0 spiro atoms. The molecule has 0 aliphatic rings. The van der Waals surface area contributed by atoms with E-state index in [4.69, 9.17) is 4.42 Å². The topological polar surface area (TPSA) is 120 Å². The first-order chi connectivity index (χ1) is 11.8. The van der Waals surface area contributed by atoms with E-state index in [-0.39, 0.29) is 36.0 Å². The molecule has 1 amide bonds. The number of esters is 1. The number of rotatable bonds is 8. The van der Waals surface area contributed by atoms with Crippen molar-refractivity contribution in [2.24, 2.45) is 7.05 Å². The first kappa shape index (κ1) is 18.7. The maximum Gasteiger partial charge on any atom is 0.354 e. The fraction of sp³-hybridized carbons (Fsp3) is 0.333. The lowest BCUT2D eigenvalue weighted by Crippen LogP contribution is -2.30. The molecule has 2 heterocycles. The zero-order chi connectivity index (χ0) is 18.4. The Hall–Kier alpha value is -2.59. The van der Waals surface area contributed by atoms with Crippen molar-refractivity contribution in [2.75, 3.05) is 13.7 Å². The summed E-state index contributed by atoms with van der Waals surface area (Å²) >= 11 is 0. The molecule has 2 rings (SSSR count). The van der Waals surface area contributed by atoms with E-state index in [9.17, 15) is 18.0 Å². The summed E-state index contributed by atoms with van der Waals surface area (Å²) in [4.78, 5) is 23.1. The molecule has 25 heavy (non-hydrogen) atoms. The zero-order valence-electron chi connectivity index (χ0n) is 13.8. The number of furan rings is 1. The first-order valence-electron chi connectivity index (χ1n) is 7.37. The number of nitrogens with zero attached hydrogens (tertiary/aromatic N) is 1. The highest BCUT2D eigenvalue weighted by Gasteiger charge is 2.20. The van der Waals surface area contributed by atoms with Gasteiger partial charge >= 0.3 is 5.97 Å². The Balaban J connectivity index is 1.87. The van der Waals surface area contributed by atoms with E-state index in [2.05, 4.69) is 14.8 Å². The molecule has 0 atom stereocenters. The van der Waals surface area contributed by atoms with Crippen LogP contribution in [-0.4, -0.2) is 38.5 Å². The molecule has 0 fully saturated rings. The molecule has 136 valence electrons. The lowest BCUT2D eigenvalue weighted by molar-refractivity contribution is -0.121. The molecule has 10 heteroatoms. The Bertz CT molecular complexity index is 839. The summed E-state index contributed by atoms with van der Waals surface area (Å²) in [6, 6.07) is 4.64. The van der Waals surface area contributed by atoms with Crippen molar-refractivity contribution >= 4 is 21.9 Å². The molecular formula is C15H19N3O6S. The van der Waals surface area contributed by atoms with E-state index in [0.717, 1.165) is 0 Å². The third-order valence-electron chi connectivity index (χ3n) is 3.37. The van der Waals surface area contributed by atoms with E-state index >= 15 is 0 Å². The van der Waals surface area contributed by atoms with Crippen LogP contribution in [0.1, 0.15) is 22.7 Å². The Morgan fingerprint density at radius 1 is 1.36 bits per heavy atom. The predicted octanol–water partition coefficient (Wildman–Crippen LogP) is 0.389. The lowest BCUT2D eigenvalue weighted by Gasteiger charge is -2.05. The number of sulfonamides is 1. The van der Waals surface area contributed by atoms with Crippen LogP contribution in [0.4, 0.5) is 0 Å². The highest BCUT2D eigenvalue weighted by atomic mass is 32.2. The lowest BCUT2D eigenvalue weighted by atomic mass is 10.4. The number of hydrogen-bond donors (Lipinski definition) is 2. The molecule has 0 radical (unpaired) electrons. The van der Waals surface area contributed by atoms with Crippen LogP contribution in [0.15, 0.2) is 40.0 Å². The first-order valence-corrected chi connectivity index (χ1v) is 8.85. The molecular weight excluding hydrogens is 350 g/mol. The van der Waals surface area contributed by atoms with Crippen LogP contribution in [0.2, 0.25) is 0 Å². The van der Waals surface area contributed by atoms with Gasteiger partial charge in [0.05, 0.1) is 19.9 Å². The summed E-state index contributed by atoms with van der Waals surface area (Å²) in [6.45, 7) is 0.161.